The molecule has 0 amide bonds. The van der Waals surface area contributed by atoms with Crippen molar-refractivity contribution in [1.82, 2.24) is 15.1 Å². The van der Waals surface area contributed by atoms with Crippen LogP contribution in [0.3, 0.4) is 0 Å². The number of aliphatic hydroxyl groups is 1. The maximum Gasteiger partial charge on any atom is 0.227 e. The fourth-order valence-corrected chi connectivity index (χ4v) is 2.78. The van der Waals surface area contributed by atoms with Gasteiger partial charge >= 0.3 is 0 Å². The molecular formula is C15H19N3O2. The first-order valence-corrected chi connectivity index (χ1v) is 7.19. The molecule has 2 aromatic rings. The van der Waals surface area contributed by atoms with Crippen molar-refractivity contribution in [3.05, 3.63) is 41.8 Å². The third-order valence-corrected chi connectivity index (χ3v) is 3.90. The van der Waals surface area contributed by atoms with Gasteiger partial charge in [0.05, 0.1) is 6.10 Å². The summed E-state index contributed by atoms with van der Waals surface area (Å²) in [5, 5.41) is 14.0. The average Bonchev–Trinajstić information content (AvgIpc) is 2.90. The van der Waals surface area contributed by atoms with E-state index >= 15 is 0 Å². The summed E-state index contributed by atoms with van der Waals surface area (Å²) >= 11 is 0. The highest BCUT2D eigenvalue weighted by atomic mass is 16.5. The molecule has 1 aliphatic carbocycles. The van der Waals surface area contributed by atoms with Gasteiger partial charge in [-0.2, -0.15) is 4.98 Å². The first-order valence-electron chi connectivity index (χ1n) is 7.19. The van der Waals surface area contributed by atoms with Gasteiger partial charge in [-0.1, -0.05) is 24.1 Å². The molecule has 0 bridgehead atoms. The van der Waals surface area contributed by atoms with Crippen LogP contribution < -0.4 is 0 Å². The van der Waals surface area contributed by atoms with Crippen molar-refractivity contribution in [3.63, 3.8) is 0 Å². The van der Waals surface area contributed by atoms with Crippen LogP contribution in [0.5, 0.6) is 0 Å². The normalized spacial score (nSPS) is 22.9. The highest BCUT2D eigenvalue weighted by molar-refractivity contribution is 5.13. The maximum absolute atomic E-state index is 9.97. The van der Waals surface area contributed by atoms with Crippen LogP contribution in [0.25, 0.3) is 0 Å². The van der Waals surface area contributed by atoms with Crippen molar-refractivity contribution >= 4 is 0 Å². The summed E-state index contributed by atoms with van der Waals surface area (Å²) in [7, 11) is 0. The third kappa shape index (κ3) is 3.22. The Morgan fingerprint density at radius 3 is 3.00 bits per heavy atom. The second-order valence-electron chi connectivity index (χ2n) is 5.46. The largest absolute Gasteiger partial charge is 0.393 e. The second-order valence-corrected chi connectivity index (χ2v) is 5.46. The summed E-state index contributed by atoms with van der Waals surface area (Å²) in [6, 6.07) is 3.89. The number of aromatic nitrogens is 3. The molecule has 5 heteroatoms. The first-order chi connectivity index (χ1) is 9.81. The molecule has 2 aromatic heterocycles. The van der Waals surface area contributed by atoms with Crippen LogP contribution in [0.2, 0.25) is 0 Å². The molecule has 20 heavy (non-hydrogen) atoms. The fraction of sp³-hybridized carbons (Fsp3) is 0.533. The molecule has 2 unspecified atom stereocenters. The molecule has 1 N–H and O–H groups in total. The van der Waals surface area contributed by atoms with Crippen LogP contribution in [0, 0.1) is 5.92 Å². The molecule has 2 atom stereocenters. The van der Waals surface area contributed by atoms with E-state index in [2.05, 4.69) is 15.1 Å². The molecule has 0 radical (unpaired) electrons. The molecule has 0 aromatic carbocycles. The van der Waals surface area contributed by atoms with Crippen LogP contribution in [0.4, 0.5) is 0 Å². The predicted octanol–water partition coefficient (Wildman–Crippen LogP) is 2.15. The quantitative estimate of drug-likeness (QED) is 0.924. The number of hydrogen-bond acceptors (Lipinski definition) is 5. The molecule has 0 aliphatic heterocycles. The molecular weight excluding hydrogens is 254 g/mol. The van der Waals surface area contributed by atoms with Gasteiger partial charge in [-0.15, -0.1) is 0 Å². The van der Waals surface area contributed by atoms with Crippen molar-refractivity contribution in [2.24, 2.45) is 5.92 Å². The molecule has 106 valence electrons. The molecule has 5 nitrogen and oxygen atoms in total. The van der Waals surface area contributed by atoms with E-state index in [-0.39, 0.29) is 12.0 Å². The van der Waals surface area contributed by atoms with Crippen LogP contribution >= 0.6 is 0 Å². The van der Waals surface area contributed by atoms with Gasteiger partial charge in [-0.3, -0.25) is 4.98 Å². The minimum atomic E-state index is -0.225. The Kier molecular flexibility index (Phi) is 4.06. The van der Waals surface area contributed by atoms with E-state index in [4.69, 9.17) is 4.52 Å². The highest BCUT2D eigenvalue weighted by Crippen LogP contribution is 2.27. The monoisotopic (exact) mass is 273 g/mol. The summed E-state index contributed by atoms with van der Waals surface area (Å²) in [6.07, 6.45) is 8.87. The van der Waals surface area contributed by atoms with Crippen LogP contribution in [0.15, 0.2) is 29.0 Å². The van der Waals surface area contributed by atoms with Gasteiger partial charge in [0.25, 0.3) is 0 Å². The Hall–Kier alpha value is -1.75. The summed E-state index contributed by atoms with van der Waals surface area (Å²) < 4.78 is 5.30. The lowest BCUT2D eigenvalue weighted by atomic mass is 9.84. The number of nitrogens with zero attached hydrogens (tertiary/aromatic N) is 3. The zero-order chi connectivity index (χ0) is 13.8. The molecule has 0 saturated heterocycles. The lowest BCUT2D eigenvalue weighted by Gasteiger charge is -2.26. The van der Waals surface area contributed by atoms with Gasteiger partial charge < -0.3 is 9.63 Å². The van der Waals surface area contributed by atoms with Gasteiger partial charge in [-0.25, -0.2) is 0 Å². The van der Waals surface area contributed by atoms with Gasteiger partial charge in [0.15, 0.2) is 5.82 Å². The maximum atomic E-state index is 9.97. The van der Waals surface area contributed by atoms with Crippen LogP contribution in [0.1, 0.15) is 43.0 Å². The summed E-state index contributed by atoms with van der Waals surface area (Å²) in [6.45, 7) is 0. The van der Waals surface area contributed by atoms with E-state index < -0.39 is 0 Å². The smallest absolute Gasteiger partial charge is 0.227 e. The Morgan fingerprint density at radius 1 is 1.30 bits per heavy atom. The minimum absolute atomic E-state index is 0.225. The van der Waals surface area contributed by atoms with E-state index in [0.29, 0.717) is 24.6 Å². The predicted molar refractivity (Wildman–Crippen MR) is 73.0 cm³/mol. The van der Waals surface area contributed by atoms with Crippen molar-refractivity contribution < 1.29 is 9.63 Å². The topological polar surface area (TPSA) is 72.0 Å². The fourth-order valence-electron chi connectivity index (χ4n) is 2.78. The Morgan fingerprint density at radius 2 is 2.20 bits per heavy atom. The molecule has 2 heterocycles. The van der Waals surface area contributed by atoms with Crippen LogP contribution in [-0.4, -0.2) is 26.3 Å². The van der Waals surface area contributed by atoms with Crippen LogP contribution in [-0.2, 0) is 12.8 Å². The van der Waals surface area contributed by atoms with Gasteiger partial charge in [0.2, 0.25) is 5.89 Å². The van der Waals surface area contributed by atoms with Crippen molar-refractivity contribution in [3.8, 4) is 0 Å². The zero-order valence-corrected chi connectivity index (χ0v) is 11.4. The third-order valence-electron chi connectivity index (χ3n) is 3.90. The van der Waals surface area contributed by atoms with Gasteiger partial charge in [0.1, 0.15) is 0 Å². The Labute approximate surface area is 118 Å². The van der Waals surface area contributed by atoms with Crippen molar-refractivity contribution in [1.29, 1.82) is 0 Å². The van der Waals surface area contributed by atoms with Crippen molar-refractivity contribution in [2.45, 2.75) is 44.6 Å². The molecule has 1 aliphatic rings. The number of hydrogen-bond donors (Lipinski definition) is 1. The molecule has 0 spiro atoms. The summed E-state index contributed by atoms with van der Waals surface area (Å²) in [5.41, 5.74) is 1.07. The Balaban J connectivity index is 1.62. The highest BCUT2D eigenvalue weighted by Gasteiger charge is 2.25. The summed E-state index contributed by atoms with van der Waals surface area (Å²) in [5.74, 6) is 1.57. The molecule has 1 saturated carbocycles. The SMILES string of the molecule is OC1CCCCC1Cc1nc(Cc2cccnc2)no1. The lowest BCUT2D eigenvalue weighted by molar-refractivity contribution is 0.0657. The summed E-state index contributed by atoms with van der Waals surface area (Å²) in [4.78, 5) is 8.49. The van der Waals surface area contributed by atoms with Crippen molar-refractivity contribution in [2.75, 3.05) is 0 Å². The lowest BCUT2D eigenvalue weighted by Crippen LogP contribution is -2.26. The number of rotatable bonds is 4. The van der Waals surface area contributed by atoms with Gasteiger partial charge in [0, 0.05) is 25.2 Å². The molecule has 1 fully saturated rings. The van der Waals surface area contributed by atoms with E-state index in [0.717, 1.165) is 24.8 Å². The van der Waals surface area contributed by atoms with Gasteiger partial charge in [-0.05, 0) is 30.4 Å². The average molecular weight is 273 g/mol. The minimum Gasteiger partial charge on any atom is -0.393 e. The second kappa shape index (κ2) is 6.13. The standard InChI is InChI=1S/C15H19N3O2/c19-13-6-2-1-5-12(13)9-15-17-14(18-20-15)8-11-4-3-7-16-10-11/h3-4,7,10,12-13,19H,1-2,5-6,8-9H2. The first kappa shape index (κ1) is 13.2. The molecule has 3 rings (SSSR count). The Bertz CT molecular complexity index is 541. The zero-order valence-electron chi connectivity index (χ0n) is 11.4. The van der Waals surface area contributed by atoms with E-state index in [1.807, 2.05) is 12.1 Å². The van der Waals surface area contributed by atoms with E-state index in [9.17, 15) is 5.11 Å². The number of pyridine rings is 1. The van der Waals surface area contributed by atoms with E-state index in [1.54, 1.807) is 12.4 Å². The van der Waals surface area contributed by atoms with E-state index in [1.165, 1.54) is 6.42 Å². The number of aliphatic hydroxyl groups excluding tert-OH is 1.